The number of fused-ring (bicyclic) bond motifs is 1. The summed E-state index contributed by atoms with van der Waals surface area (Å²) in [6.07, 6.45) is 5.87. The van der Waals surface area contributed by atoms with Gasteiger partial charge >= 0.3 is 0 Å². The van der Waals surface area contributed by atoms with Crippen LogP contribution in [0.15, 0.2) is 36.9 Å². The van der Waals surface area contributed by atoms with Crippen molar-refractivity contribution >= 4 is 0 Å². The third kappa shape index (κ3) is 4.19. The van der Waals surface area contributed by atoms with Crippen LogP contribution in [-0.2, 0) is 6.42 Å². The molecule has 0 radical (unpaired) electrons. The van der Waals surface area contributed by atoms with Gasteiger partial charge in [0.15, 0.2) is 0 Å². The van der Waals surface area contributed by atoms with Gasteiger partial charge in [-0.2, -0.15) is 0 Å². The predicted octanol–water partition coefficient (Wildman–Crippen LogP) is 2.81. The molecule has 0 amide bonds. The Kier molecular flexibility index (Phi) is 5.62. The smallest absolute Gasteiger partial charge is 0.0158 e. The van der Waals surface area contributed by atoms with Crippen LogP contribution >= 0.6 is 0 Å². The van der Waals surface area contributed by atoms with Crippen molar-refractivity contribution in [1.29, 1.82) is 0 Å². The van der Waals surface area contributed by atoms with Gasteiger partial charge < -0.3 is 10.2 Å². The van der Waals surface area contributed by atoms with Gasteiger partial charge in [0.1, 0.15) is 0 Å². The van der Waals surface area contributed by atoms with Crippen LogP contribution in [0.3, 0.4) is 0 Å². The topological polar surface area (TPSA) is 15.3 Å². The van der Waals surface area contributed by atoms with Gasteiger partial charge in [-0.1, -0.05) is 30.3 Å². The summed E-state index contributed by atoms with van der Waals surface area (Å²) in [5, 5.41) is 3.61. The number of hydrogen-bond acceptors (Lipinski definition) is 2. The van der Waals surface area contributed by atoms with E-state index in [1.165, 1.54) is 19.3 Å². The minimum absolute atomic E-state index is 0.703. The molecule has 0 aliphatic heterocycles. The van der Waals surface area contributed by atoms with Crippen molar-refractivity contribution in [3.63, 3.8) is 0 Å². The highest BCUT2D eigenvalue weighted by Crippen LogP contribution is 2.30. The number of rotatable bonds is 7. The predicted molar refractivity (Wildman–Crippen MR) is 82.7 cm³/mol. The number of hydrogen-bond donors (Lipinski definition) is 1. The highest BCUT2D eigenvalue weighted by Gasteiger charge is 2.18. The van der Waals surface area contributed by atoms with E-state index in [2.05, 4.69) is 48.1 Å². The second-order valence-electron chi connectivity index (χ2n) is 5.54. The molecular weight excluding hydrogens is 232 g/mol. The molecule has 1 atom stereocenters. The number of benzene rings is 1. The summed E-state index contributed by atoms with van der Waals surface area (Å²) in [6, 6.07) is 8.94. The van der Waals surface area contributed by atoms with E-state index in [0.29, 0.717) is 5.92 Å². The van der Waals surface area contributed by atoms with Crippen molar-refractivity contribution in [1.82, 2.24) is 10.2 Å². The van der Waals surface area contributed by atoms with Gasteiger partial charge in [-0.05, 0) is 43.4 Å². The molecule has 19 heavy (non-hydrogen) atoms. The lowest BCUT2D eigenvalue weighted by Gasteiger charge is -2.26. The molecule has 1 aliphatic rings. The second-order valence-corrected chi connectivity index (χ2v) is 5.54. The Balaban J connectivity index is 1.77. The van der Waals surface area contributed by atoms with Gasteiger partial charge in [-0.3, -0.25) is 0 Å². The van der Waals surface area contributed by atoms with Crippen LogP contribution in [0.4, 0.5) is 0 Å². The summed E-state index contributed by atoms with van der Waals surface area (Å²) in [5.74, 6) is 0.703. The second kappa shape index (κ2) is 7.46. The quantitative estimate of drug-likeness (QED) is 0.597. The lowest BCUT2D eigenvalue weighted by Crippen LogP contribution is -2.32. The Morgan fingerprint density at radius 1 is 1.42 bits per heavy atom. The van der Waals surface area contributed by atoms with E-state index in [4.69, 9.17) is 0 Å². The van der Waals surface area contributed by atoms with E-state index in [0.717, 1.165) is 26.2 Å². The van der Waals surface area contributed by atoms with Crippen molar-refractivity contribution in [2.75, 3.05) is 33.2 Å². The summed E-state index contributed by atoms with van der Waals surface area (Å²) >= 11 is 0. The summed E-state index contributed by atoms with van der Waals surface area (Å²) in [5.41, 5.74) is 3.13. The molecule has 0 aromatic heterocycles. The van der Waals surface area contributed by atoms with Gasteiger partial charge in [0, 0.05) is 26.2 Å². The van der Waals surface area contributed by atoms with Gasteiger partial charge in [0.05, 0.1) is 0 Å². The summed E-state index contributed by atoms with van der Waals surface area (Å²) < 4.78 is 0. The van der Waals surface area contributed by atoms with Crippen molar-refractivity contribution in [2.24, 2.45) is 0 Å². The molecule has 1 aromatic rings. The largest absolute Gasteiger partial charge is 0.315 e. The van der Waals surface area contributed by atoms with Gasteiger partial charge in [0.25, 0.3) is 0 Å². The van der Waals surface area contributed by atoms with E-state index < -0.39 is 0 Å². The third-order valence-electron chi connectivity index (χ3n) is 4.00. The minimum atomic E-state index is 0.703. The normalized spacial score (nSPS) is 18.3. The molecule has 0 fully saturated rings. The van der Waals surface area contributed by atoms with Crippen LogP contribution in [0.2, 0.25) is 0 Å². The van der Waals surface area contributed by atoms with Gasteiger partial charge in [0.2, 0.25) is 0 Å². The standard InChI is InChI=1S/C17H26N2/c1-3-12-19(2)13-11-18-14-16-9-6-8-15-7-4-5-10-17(15)16/h3-5,7,10,16,18H,1,6,8-9,11-14H2,2H3. The van der Waals surface area contributed by atoms with Crippen LogP contribution in [0.1, 0.15) is 29.9 Å². The minimum Gasteiger partial charge on any atom is -0.315 e. The first-order valence-corrected chi connectivity index (χ1v) is 7.39. The molecule has 1 aliphatic carbocycles. The Bertz CT molecular complexity index is 400. The molecule has 1 aromatic carbocycles. The van der Waals surface area contributed by atoms with E-state index in [1.54, 1.807) is 11.1 Å². The maximum atomic E-state index is 3.77. The number of nitrogens with one attached hydrogen (secondary N) is 1. The highest BCUT2D eigenvalue weighted by atomic mass is 15.1. The fourth-order valence-electron chi connectivity index (χ4n) is 2.92. The Labute approximate surface area is 117 Å². The van der Waals surface area contributed by atoms with E-state index in [9.17, 15) is 0 Å². The lowest BCUT2D eigenvalue weighted by atomic mass is 9.83. The average molecular weight is 258 g/mol. The molecule has 0 bridgehead atoms. The van der Waals surface area contributed by atoms with Crippen LogP contribution in [-0.4, -0.2) is 38.1 Å². The monoisotopic (exact) mass is 258 g/mol. The first-order chi connectivity index (χ1) is 9.31. The Morgan fingerprint density at radius 2 is 2.26 bits per heavy atom. The molecule has 2 nitrogen and oxygen atoms in total. The fourth-order valence-corrected chi connectivity index (χ4v) is 2.92. The van der Waals surface area contributed by atoms with Crippen LogP contribution < -0.4 is 5.32 Å². The molecule has 0 heterocycles. The molecule has 0 saturated carbocycles. The summed E-state index contributed by atoms with van der Waals surface area (Å²) in [6.45, 7) is 7.98. The van der Waals surface area contributed by atoms with Gasteiger partial charge in [-0.15, -0.1) is 6.58 Å². The maximum Gasteiger partial charge on any atom is 0.0158 e. The maximum absolute atomic E-state index is 3.77. The number of aryl methyl sites for hydroxylation is 1. The van der Waals surface area contributed by atoms with Crippen LogP contribution in [0, 0.1) is 0 Å². The lowest BCUT2D eigenvalue weighted by molar-refractivity contribution is 0.361. The molecule has 1 N–H and O–H groups in total. The SMILES string of the molecule is C=CCN(C)CCNCC1CCCc2ccccc21. The van der Waals surface area contributed by atoms with Crippen molar-refractivity contribution < 1.29 is 0 Å². The number of likely N-dealkylation sites (N-methyl/N-ethyl adjacent to an activating group) is 1. The molecule has 1 unspecified atom stereocenters. The highest BCUT2D eigenvalue weighted by molar-refractivity contribution is 5.32. The van der Waals surface area contributed by atoms with Gasteiger partial charge in [-0.25, -0.2) is 0 Å². The Morgan fingerprint density at radius 3 is 3.11 bits per heavy atom. The molecule has 0 spiro atoms. The molecule has 104 valence electrons. The molecule has 0 saturated heterocycles. The van der Waals surface area contributed by atoms with Crippen LogP contribution in [0.25, 0.3) is 0 Å². The summed E-state index contributed by atoms with van der Waals surface area (Å²) in [4.78, 5) is 2.29. The first kappa shape index (κ1) is 14.3. The molecule has 2 rings (SSSR count). The average Bonchev–Trinajstić information content (AvgIpc) is 2.44. The van der Waals surface area contributed by atoms with Crippen LogP contribution in [0.5, 0.6) is 0 Å². The summed E-state index contributed by atoms with van der Waals surface area (Å²) in [7, 11) is 2.14. The van der Waals surface area contributed by atoms with Crippen molar-refractivity contribution in [2.45, 2.75) is 25.2 Å². The molecule has 2 heteroatoms. The molecular formula is C17H26N2. The first-order valence-electron chi connectivity index (χ1n) is 7.39. The zero-order valence-electron chi connectivity index (χ0n) is 12.1. The van der Waals surface area contributed by atoms with E-state index >= 15 is 0 Å². The zero-order chi connectivity index (χ0) is 13.5. The van der Waals surface area contributed by atoms with Crippen molar-refractivity contribution in [3.8, 4) is 0 Å². The Hall–Kier alpha value is -1.12. The zero-order valence-corrected chi connectivity index (χ0v) is 12.1. The van der Waals surface area contributed by atoms with E-state index in [1.807, 2.05) is 6.08 Å². The third-order valence-corrected chi connectivity index (χ3v) is 4.00. The van der Waals surface area contributed by atoms with E-state index in [-0.39, 0.29) is 0 Å². The number of nitrogens with zero attached hydrogens (tertiary/aromatic N) is 1. The van der Waals surface area contributed by atoms with Crippen molar-refractivity contribution in [3.05, 3.63) is 48.0 Å². The fraction of sp³-hybridized carbons (Fsp3) is 0.529.